The number of aliphatic imine (C=N–C) groups is 1. The van der Waals surface area contributed by atoms with Crippen molar-refractivity contribution in [2.45, 2.75) is 44.7 Å². The molecule has 0 aromatic heterocycles. The summed E-state index contributed by atoms with van der Waals surface area (Å²) in [7, 11) is 0. The van der Waals surface area contributed by atoms with Gasteiger partial charge in [-0.1, -0.05) is 30.3 Å². The first-order valence-corrected chi connectivity index (χ1v) is 11.9. The fourth-order valence-corrected chi connectivity index (χ4v) is 4.30. The van der Waals surface area contributed by atoms with Gasteiger partial charge in [0.2, 0.25) is 0 Å². The molecule has 2 aliphatic heterocycles. The Morgan fingerprint density at radius 1 is 1.06 bits per heavy atom. The number of benzene rings is 1. The van der Waals surface area contributed by atoms with E-state index in [2.05, 4.69) is 65.0 Å². The standard InChI is InChI=1S/C24H41N5O2/c1-3-25-23(26-12-7-13-29-14-18-31-19-15-29)27-20-24(10-16-30-17-11-24)28-21(2)22-8-5-4-6-9-22/h4-6,8-9,21,28H,3,7,10-20H2,1-2H3,(H2,25,26,27). The Labute approximate surface area is 188 Å². The van der Waals surface area contributed by atoms with Gasteiger partial charge in [0.1, 0.15) is 0 Å². The van der Waals surface area contributed by atoms with Crippen LogP contribution in [0.1, 0.15) is 44.7 Å². The van der Waals surface area contributed by atoms with E-state index >= 15 is 0 Å². The maximum absolute atomic E-state index is 5.67. The Balaban J connectivity index is 1.54. The molecule has 0 amide bonds. The van der Waals surface area contributed by atoms with Crippen molar-refractivity contribution in [2.75, 3.05) is 65.7 Å². The molecule has 2 aliphatic rings. The topological polar surface area (TPSA) is 70.2 Å². The zero-order valence-electron chi connectivity index (χ0n) is 19.4. The molecule has 7 heteroatoms. The van der Waals surface area contributed by atoms with Gasteiger partial charge < -0.3 is 25.4 Å². The molecular weight excluding hydrogens is 390 g/mol. The highest BCUT2D eigenvalue weighted by molar-refractivity contribution is 5.79. The SMILES string of the molecule is CCNC(=NCC1(NC(C)c2ccccc2)CCOCC1)NCCCN1CCOCC1. The highest BCUT2D eigenvalue weighted by Crippen LogP contribution is 2.26. The fraction of sp³-hybridized carbons (Fsp3) is 0.708. The molecule has 0 bridgehead atoms. The third kappa shape index (κ3) is 8.07. The zero-order valence-corrected chi connectivity index (χ0v) is 19.4. The van der Waals surface area contributed by atoms with Crippen LogP contribution in [0, 0.1) is 0 Å². The second-order valence-corrected chi connectivity index (χ2v) is 8.60. The second kappa shape index (κ2) is 13.0. The van der Waals surface area contributed by atoms with E-state index in [9.17, 15) is 0 Å². The summed E-state index contributed by atoms with van der Waals surface area (Å²) in [6, 6.07) is 10.9. The predicted molar refractivity (Wildman–Crippen MR) is 127 cm³/mol. The lowest BCUT2D eigenvalue weighted by Gasteiger charge is -2.39. The van der Waals surface area contributed by atoms with E-state index in [-0.39, 0.29) is 11.6 Å². The summed E-state index contributed by atoms with van der Waals surface area (Å²) >= 11 is 0. The van der Waals surface area contributed by atoms with Crippen LogP contribution < -0.4 is 16.0 Å². The van der Waals surface area contributed by atoms with Gasteiger partial charge in [-0.2, -0.15) is 0 Å². The normalized spacial score (nSPS) is 20.9. The first-order chi connectivity index (χ1) is 15.2. The summed E-state index contributed by atoms with van der Waals surface area (Å²) in [6.45, 7) is 13.4. The summed E-state index contributed by atoms with van der Waals surface area (Å²) < 4.78 is 11.1. The maximum atomic E-state index is 5.67. The minimum Gasteiger partial charge on any atom is -0.381 e. The average molecular weight is 432 g/mol. The molecule has 1 atom stereocenters. The van der Waals surface area contributed by atoms with E-state index in [1.165, 1.54) is 5.56 Å². The van der Waals surface area contributed by atoms with Crippen molar-refractivity contribution in [3.8, 4) is 0 Å². The molecule has 1 aromatic carbocycles. The molecule has 1 aromatic rings. The van der Waals surface area contributed by atoms with Crippen molar-refractivity contribution >= 4 is 5.96 Å². The number of morpholine rings is 1. The molecular formula is C24H41N5O2. The molecule has 2 heterocycles. The molecule has 0 radical (unpaired) electrons. The Hall–Kier alpha value is -1.67. The van der Waals surface area contributed by atoms with Crippen LogP contribution in [0.2, 0.25) is 0 Å². The van der Waals surface area contributed by atoms with Crippen molar-refractivity contribution in [3.05, 3.63) is 35.9 Å². The Kier molecular flexibility index (Phi) is 10.1. The molecule has 174 valence electrons. The number of hydrogen-bond acceptors (Lipinski definition) is 5. The van der Waals surface area contributed by atoms with Gasteiger partial charge in [-0.05, 0) is 45.2 Å². The molecule has 2 saturated heterocycles. The Morgan fingerprint density at radius 3 is 2.48 bits per heavy atom. The zero-order chi connectivity index (χ0) is 21.8. The molecule has 0 aliphatic carbocycles. The van der Waals surface area contributed by atoms with Crippen LogP contribution in [0.3, 0.4) is 0 Å². The average Bonchev–Trinajstić information content (AvgIpc) is 2.82. The van der Waals surface area contributed by atoms with Crippen molar-refractivity contribution in [1.82, 2.24) is 20.9 Å². The van der Waals surface area contributed by atoms with Gasteiger partial charge >= 0.3 is 0 Å². The van der Waals surface area contributed by atoms with E-state index < -0.39 is 0 Å². The largest absolute Gasteiger partial charge is 0.381 e. The van der Waals surface area contributed by atoms with Crippen molar-refractivity contribution < 1.29 is 9.47 Å². The van der Waals surface area contributed by atoms with E-state index in [4.69, 9.17) is 14.5 Å². The third-order valence-electron chi connectivity index (χ3n) is 6.20. The van der Waals surface area contributed by atoms with E-state index in [1.54, 1.807) is 0 Å². The molecule has 3 rings (SSSR count). The van der Waals surface area contributed by atoms with E-state index in [1.807, 2.05) is 0 Å². The minimum absolute atomic E-state index is 0.0380. The number of guanidine groups is 1. The van der Waals surface area contributed by atoms with Gasteiger partial charge in [-0.15, -0.1) is 0 Å². The van der Waals surface area contributed by atoms with Crippen LogP contribution in [0.15, 0.2) is 35.3 Å². The number of nitrogens with one attached hydrogen (secondary N) is 3. The molecule has 0 saturated carbocycles. The first kappa shape index (κ1) is 24.0. The fourth-order valence-electron chi connectivity index (χ4n) is 4.30. The van der Waals surface area contributed by atoms with Gasteiger partial charge in [0, 0.05) is 51.0 Å². The van der Waals surface area contributed by atoms with Crippen molar-refractivity contribution in [2.24, 2.45) is 4.99 Å². The van der Waals surface area contributed by atoms with Gasteiger partial charge in [0.15, 0.2) is 5.96 Å². The lowest BCUT2D eigenvalue weighted by atomic mass is 9.88. The molecule has 7 nitrogen and oxygen atoms in total. The van der Waals surface area contributed by atoms with E-state index in [0.717, 1.165) is 90.9 Å². The Morgan fingerprint density at radius 2 is 1.77 bits per heavy atom. The number of rotatable bonds is 10. The molecule has 1 unspecified atom stereocenters. The molecule has 2 fully saturated rings. The summed E-state index contributed by atoms with van der Waals surface area (Å²) in [5.74, 6) is 0.907. The lowest BCUT2D eigenvalue weighted by Crippen LogP contribution is -2.53. The molecule has 0 spiro atoms. The maximum Gasteiger partial charge on any atom is 0.191 e. The first-order valence-electron chi connectivity index (χ1n) is 11.9. The van der Waals surface area contributed by atoms with Crippen LogP contribution in [0.5, 0.6) is 0 Å². The smallest absolute Gasteiger partial charge is 0.191 e. The number of ether oxygens (including phenoxy) is 2. The predicted octanol–water partition coefficient (Wildman–Crippen LogP) is 2.16. The van der Waals surface area contributed by atoms with Crippen LogP contribution in [-0.2, 0) is 9.47 Å². The van der Waals surface area contributed by atoms with Crippen molar-refractivity contribution in [1.29, 1.82) is 0 Å². The summed E-state index contributed by atoms with van der Waals surface area (Å²) in [4.78, 5) is 7.46. The summed E-state index contributed by atoms with van der Waals surface area (Å²) in [5, 5.41) is 10.8. The highest BCUT2D eigenvalue weighted by atomic mass is 16.5. The highest BCUT2D eigenvalue weighted by Gasteiger charge is 2.34. The second-order valence-electron chi connectivity index (χ2n) is 8.60. The monoisotopic (exact) mass is 431 g/mol. The van der Waals surface area contributed by atoms with Gasteiger partial charge in [0.05, 0.1) is 19.8 Å². The van der Waals surface area contributed by atoms with Crippen LogP contribution in [0.25, 0.3) is 0 Å². The van der Waals surface area contributed by atoms with Crippen LogP contribution in [0.4, 0.5) is 0 Å². The van der Waals surface area contributed by atoms with Crippen LogP contribution in [-0.4, -0.2) is 82.1 Å². The van der Waals surface area contributed by atoms with Crippen molar-refractivity contribution in [3.63, 3.8) is 0 Å². The quantitative estimate of drug-likeness (QED) is 0.300. The molecule has 31 heavy (non-hydrogen) atoms. The lowest BCUT2D eigenvalue weighted by molar-refractivity contribution is 0.0373. The van der Waals surface area contributed by atoms with Crippen LogP contribution >= 0.6 is 0 Å². The third-order valence-corrected chi connectivity index (χ3v) is 6.20. The van der Waals surface area contributed by atoms with E-state index in [0.29, 0.717) is 0 Å². The number of nitrogens with zero attached hydrogens (tertiary/aromatic N) is 2. The molecule has 3 N–H and O–H groups in total. The summed E-state index contributed by atoms with van der Waals surface area (Å²) in [5.41, 5.74) is 1.27. The van der Waals surface area contributed by atoms with Gasteiger partial charge in [0.25, 0.3) is 0 Å². The summed E-state index contributed by atoms with van der Waals surface area (Å²) in [6.07, 6.45) is 3.06. The Bertz CT molecular complexity index is 643. The van der Waals surface area contributed by atoms with Gasteiger partial charge in [-0.3, -0.25) is 9.89 Å². The minimum atomic E-state index is -0.0380. The number of hydrogen-bond donors (Lipinski definition) is 3. The van der Waals surface area contributed by atoms with Gasteiger partial charge in [-0.25, -0.2) is 0 Å².